The minimum atomic E-state index is -0.0987. The molecule has 0 spiro atoms. The topological polar surface area (TPSA) is 63.4 Å². The average molecular weight is 399 g/mol. The highest BCUT2D eigenvalue weighted by Crippen LogP contribution is 2.35. The second kappa shape index (κ2) is 7.40. The molecule has 4 rings (SSSR count). The summed E-state index contributed by atoms with van der Waals surface area (Å²) in [4.78, 5) is 16.5. The van der Waals surface area contributed by atoms with Gasteiger partial charge in [0.2, 0.25) is 5.91 Å². The maximum absolute atomic E-state index is 13.0. The molecule has 5 nitrogen and oxygen atoms in total. The molecule has 3 aromatic rings. The lowest BCUT2D eigenvalue weighted by Gasteiger charge is -2.22. The Hall–Kier alpha value is -2.66. The van der Waals surface area contributed by atoms with Crippen molar-refractivity contribution in [3.05, 3.63) is 52.2 Å². The number of benzene rings is 2. The van der Waals surface area contributed by atoms with Gasteiger partial charge in [0.05, 0.1) is 19.9 Å². The monoisotopic (exact) mass is 398 g/mol. The Morgan fingerprint density at radius 2 is 2.04 bits per heavy atom. The highest BCUT2D eigenvalue weighted by atomic mass is 35.5. The number of aryl methyl sites for hydroxylation is 2. The zero-order valence-electron chi connectivity index (χ0n) is 16.2. The van der Waals surface area contributed by atoms with E-state index >= 15 is 0 Å². The van der Waals surface area contributed by atoms with Crippen LogP contribution in [0.25, 0.3) is 10.9 Å². The Labute approximate surface area is 169 Å². The molecule has 1 amide bonds. The summed E-state index contributed by atoms with van der Waals surface area (Å²) in [6, 6.07) is 9.60. The predicted molar refractivity (Wildman–Crippen MR) is 112 cm³/mol. The molecule has 0 bridgehead atoms. The molecule has 1 aliphatic carbocycles. The Morgan fingerprint density at radius 3 is 2.79 bits per heavy atom. The molecule has 2 N–H and O–H groups in total. The number of aromatic amines is 1. The number of hydrogen-bond donors (Lipinski definition) is 2. The summed E-state index contributed by atoms with van der Waals surface area (Å²) < 4.78 is 10.7. The predicted octanol–water partition coefficient (Wildman–Crippen LogP) is 4.89. The van der Waals surface area contributed by atoms with E-state index in [4.69, 9.17) is 21.1 Å². The number of fused-ring (bicyclic) bond motifs is 3. The maximum atomic E-state index is 13.0. The fourth-order valence-corrected chi connectivity index (χ4v) is 4.07. The number of halogens is 1. The molecule has 1 atom stereocenters. The van der Waals surface area contributed by atoms with Gasteiger partial charge in [0.1, 0.15) is 11.5 Å². The molecule has 2 aromatic carbocycles. The molecule has 146 valence electrons. The molecule has 0 saturated heterocycles. The lowest BCUT2D eigenvalue weighted by Crippen LogP contribution is -2.28. The van der Waals surface area contributed by atoms with E-state index in [1.807, 2.05) is 31.2 Å². The molecule has 1 heterocycles. The highest BCUT2D eigenvalue weighted by molar-refractivity contribution is 6.31. The molecular formula is C22H23ClN2O3. The fraction of sp³-hybridized carbons (Fsp3) is 0.318. The van der Waals surface area contributed by atoms with Crippen LogP contribution in [0.15, 0.2) is 30.3 Å². The molecular weight excluding hydrogens is 376 g/mol. The largest absolute Gasteiger partial charge is 0.497 e. The van der Waals surface area contributed by atoms with Crippen molar-refractivity contribution >= 4 is 34.1 Å². The number of aromatic nitrogens is 1. The summed E-state index contributed by atoms with van der Waals surface area (Å²) in [5, 5.41) is 4.78. The summed E-state index contributed by atoms with van der Waals surface area (Å²) in [6.07, 6.45) is 2.35. The van der Waals surface area contributed by atoms with Crippen molar-refractivity contribution in [1.29, 1.82) is 0 Å². The van der Waals surface area contributed by atoms with E-state index in [1.54, 1.807) is 20.3 Å². The van der Waals surface area contributed by atoms with Crippen LogP contribution in [0.5, 0.6) is 11.5 Å². The van der Waals surface area contributed by atoms with Crippen molar-refractivity contribution < 1.29 is 14.3 Å². The van der Waals surface area contributed by atoms with Gasteiger partial charge in [0, 0.05) is 33.6 Å². The number of rotatable bonds is 4. The third-order valence-corrected chi connectivity index (χ3v) is 5.91. The Bertz CT molecular complexity index is 1060. The Balaban J connectivity index is 1.59. The van der Waals surface area contributed by atoms with Gasteiger partial charge in [-0.25, -0.2) is 0 Å². The number of H-pyrrole nitrogens is 1. The van der Waals surface area contributed by atoms with Gasteiger partial charge in [-0.2, -0.15) is 0 Å². The van der Waals surface area contributed by atoms with Gasteiger partial charge in [-0.05, 0) is 61.6 Å². The maximum Gasteiger partial charge on any atom is 0.227 e. The normalized spacial score (nSPS) is 15.9. The van der Waals surface area contributed by atoms with Crippen molar-refractivity contribution in [3.8, 4) is 11.5 Å². The number of anilines is 1. The summed E-state index contributed by atoms with van der Waals surface area (Å²) >= 11 is 6.17. The van der Waals surface area contributed by atoms with Crippen molar-refractivity contribution in [2.24, 2.45) is 5.92 Å². The SMILES string of the molecule is COc1ccc2[nH]c3c(c2c1)CC(C(=O)Nc1cc(C)c(Cl)cc1OC)CC3. The first-order valence-corrected chi connectivity index (χ1v) is 9.70. The number of amides is 1. The van der Waals surface area contributed by atoms with E-state index in [2.05, 4.69) is 10.3 Å². The van der Waals surface area contributed by atoms with Crippen LogP contribution in [-0.4, -0.2) is 25.1 Å². The number of ether oxygens (including phenoxy) is 2. The van der Waals surface area contributed by atoms with Crippen LogP contribution in [0.2, 0.25) is 5.02 Å². The zero-order valence-corrected chi connectivity index (χ0v) is 16.9. The lowest BCUT2D eigenvalue weighted by molar-refractivity contribution is -0.120. The summed E-state index contributed by atoms with van der Waals surface area (Å²) in [5.41, 5.74) is 5.06. The first-order valence-electron chi connectivity index (χ1n) is 9.32. The third kappa shape index (κ3) is 3.31. The molecule has 0 fully saturated rings. The minimum Gasteiger partial charge on any atom is -0.497 e. The summed E-state index contributed by atoms with van der Waals surface area (Å²) in [5.74, 6) is 1.29. The minimum absolute atomic E-state index is 0.00270. The fourth-order valence-electron chi connectivity index (χ4n) is 3.91. The van der Waals surface area contributed by atoms with Crippen molar-refractivity contribution in [2.45, 2.75) is 26.2 Å². The van der Waals surface area contributed by atoms with E-state index in [0.717, 1.165) is 35.1 Å². The summed E-state index contributed by atoms with van der Waals surface area (Å²) in [7, 11) is 3.24. The van der Waals surface area contributed by atoms with Crippen molar-refractivity contribution in [2.75, 3.05) is 19.5 Å². The number of hydrogen-bond acceptors (Lipinski definition) is 3. The van der Waals surface area contributed by atoms with Crippen LogP contribution in [0, 0.1) is 12.8 Å². The molecule has 1 aliphatic rings. The molecule has 1 unspecified atom stereocenters. The van der Waals surface area contributed by atoms with Crippen LogP contribution in [0.1, 0.15) is 23.2 Å². The number of carbonyl (C=O) groups excluding carboxylic acids is 1. The zero-order chi connectivity index (χ0) is 19.8. The van der Waals surface area contributed by atoms with E-state index in [9.17, 15) is 4.79 Å². The van der Waals surface area contributed by atoms with Gasteiger partial charge in [-0.3, -0.25) is 4.79 Å². The van der Waals surface area contributed by atoms with Gasteiger partial charge in [-0.1, -0.05) is 11.6 Å². The number of carbonyl (C=O) groups is 1. The lowest BCUT2D eigenvalue weighted by atomic mass is 9.85. The molecule has 0 radical (unpaired) electrons. The molecule has 28 heavy (non-hydrogen) atoms. The summed E-state index contributed by atoms with van der Waals surface area (Å²) in [6.45, 7) is 1.91. The molecule has 0 aliphatic heterocycles. The van der Waals surface area contributed by atoms with Gasteiger partial charge in [0.15, 0.2) is 0 Å². The molecule has 0 saturated carbocycles. The van der Waals surface area contributed by atoms with E-state index in [0.29, 0.717) is 22.9 Å². The first kappa shape index (κ1) is 18.7. The quantitative estimate of drug-likeness (QED) is 0.657. The van der Waals surface area contributed by atoms with Crippen LogP contribution in [-0.2, 0) is 17.6 Å². The number of nitrogens with one attached hydrogen (secondary N) is 2. The average Bonchev–Trinajstić information content (AvgIpc) is 3.07. The van der Waals surface area contributed by atoms with Gasteiger partial charge in [0.25, 0.3) is 0 Å². The Kier molecular flexibility index (Phi) is 4.94. The van der Waals surface area contributed by atoms with Gasteiger partial charge in [-0.15, -0.1) is 0 Å². The number of methoxy groups -OCH3 is 2. The van der Waals surface area contributed by atoms with E-state index in [1.165, 1.54) is 11.3 Å². The second-order valence-corrected chi connectivity index (χ2v) is 7.63. The highest BCUT2D eigenvalue weighted by Gasteiger charge is 2.28. The van der Waals surface area contributed by atoms with Gasteiger partial charge < -0.3 is 19.8 Å². The van der Waals surface area contributed by atoms with Crippen LogP contribution in [0.3, 0.4) is 0 Å². The second-order valence-electron chi connectivity index (χ2n) is 7.22. The third-order valence-electron chi connectivity index (χ3n) is 5.50. The van der Waals surface area contributed by atoms with Crippen LogP contribution < -0.4 is 14.8 Å². The smallest absolute Gasteiger partial charge is 0.227 e. The molecule has 1 aromatic heterocycles. The van der Waals surface area contributed by atoms with Crippen LogP contribution >= 0.6 is 11.6 Å². The van der Waals surface area contributed by atoms with Crippen molar-refractivity contribution in [1.82, 2.24) is 4.98 Å². The van der Waals surface area contributed by atoms with Crippen molar-refractivity contribution in [3.63, 3.8) is 0 Å². The van der Waals surface area contributed by atoms with Gasteiger partial charge >= 0.3 is 0 Å². The van der Waals surface area contributed by atoms with E-state index in [-0.39, 0.29) is 11.8 Å². The van der Waals surface area contributed by atoms with E-state index < -0.39 is 0 Å². The standard InChI is InChI=1S/C22H23ClN2O3/c1-12-8-20(21(28-3)11-17(12)23)25-22(26)13-4-6-18-15(9-13)16-10-14(27-2)5-7-19(16)24-18/h5,7-8,10-11,13,24H,4,6,9H2,1-3H3,(H,25,26). The van der Waals surface area contributed by atoms with Crippen LogP contribution in [0.4, 0.5) is 5.69 Å². The Morgan fingerprint density at radius 1 is 1.21 bits per heavy atom. The first-order chi connectivity index (χ1) is 13.5. The molecule has 6 heteroatoms.